The molecule has 430 valence electrons. The highest BCUT2D eigenvalue weighted by Gasteiger charge is 2.30. The molecule has 1 amide bonds. The van der Waals surface area contributed by atoms with E-state index in [-0.39, 0.29) is 31.5 Å². The molecule has 3 atom stereocenters. The molecule has 0 bridgehead atoms. The molecule has 74 heavy (non-hydrogen) atoms. The van der Waals surface area contributed by atoms with Crippen LogP contribution in [0.15, 0.2) is 72.9 Å². The number of ether oxygens (including phenoxy) is 1. The molecular weight excluding hydrogens is 940 g/mol. The lowest BCUT2D eigenvalue weighted by molar-refractivity contribution is -0.870. The van der Waals surface area contributed by atoms with Gasteiger partial charge in [0.1, 0.15) is 19.3 Å². The molecule has 0 spiro atoms. The molecule has 0 fully saturated rings. The van der Waals surface area contributed by atoms with Crippen LogP contribution in [0.2, 0.25) is 0 Å². The van der Waals surface area contributed by atoms with Gasteiger partial charge in [-0.3, -0.25) is 18.6 Å². The average Bonchev–Trinajstić information content (AvgIpc) is 3.36. The number of carbonyl (C=O) groups is 2. The van der Waals surface area contributed by atoms with Crippen molar-refractivity contribution in [2.24, 2.45) is 0 Å². The van der Waals surface area contributed by atoms with Crippen molar-refractivity contribution in [3.63, 3.8) is 0 Å². The van der Waals surface area contributed by atoms with Gasteiger partial charge in [0, 0.05) is 12.8 Å². The molecule has 0 aromatic carbocycles. The van der Waals surface area contributed by atoms with Gasteiger partial charge in [0.15, 0.2) is 0 Å². The number of likely N-dealkylation sites (N-methyl/N-ethyl adjacent to an activating group) is 1. The summed E-state index contributed by atoms with van der Waals surface area (Å²) in [7, 11) is 1.48. The van der Waals surface area contributed by atoms with Crippen LogP contribution < -0.4 is 5.32 Å². The van der Waals surface area contributed by atoms with Crippen LogP contribution in [0.4, 0.5) is 0 Å². The van der Waals surface area contributed by atoms with Gasteiger partial charge in [-0.05, 0) is 96.0 Å². The molecule has 0 aromatic rings. The third-order valence-corrected chi connectivity index (χ3v) is 14.4. The number of nitrogens with zero attached hydrogens (tertiary/aromatic N) is 1. The molecule has 9 nitrogen and oxygen atoms in total. The van der Waals surface area contributed by atoms with Crippen LogP contribution in [0.25, 0.3) is 0 Å². The molecule has 0 rings (SSSR count). The molecule has 0 aromatic heterocycles. The fraction of sp³-hybridized carbons (Fsp3) is 0.781. The Balaban J connectivity index is 5.16. The average molecular weight is 1060 g/mol. The smallest absolute Gasteiger partial charge is 0.456 e. The monoisotopic (exact) mass is 1060 g/mol. The zero-order chi connectivity index (χ0) is 54.3. The third-order valence-electron chi connectivity index (χ3n) is 13.4. The molecule has 0 radical (unpaired) electrons. The summed E-state index contributed by atoms with van der Waals surface area (Å²) in [4.78, 5) is 37.6. The fourth-order valence-corrected chi connectivity index (χ4v) is 9.37. The summed E-state index contributed by atoms with van der Waals surface area (Å²) in [5.41, 5.74) is 0. The Labute approximate surface area is 457 Å². The van der Waals surface area contributed by atoms with Gasteiger partial charge in [-0.25, -0.2) is 4.57 Å². The minimum Gasteiger partial charge on any atom is -0.456 e. The number of amides is 1. The number of hydrogen-bond acceptors (Lipinski definition) is 6. The zero-order valence-corrected chi connectivity index (χ0v) is 50.0. The van der Waals surface area contributed by atoms with Crippen molar-refractivity contribution in [1.82, 2.24) is 5.32 Å². The van der Waals surface area contributed by atoms with Gasteiger partial charge < -0.3 is 19.4 Å². The lowest BCUT2D eigenvalue weighted by atomic mass is 10.0. The first kappa shape index (κ1) is 71.5. The second-order valence-corrected chi connectivity index (χ2v) is 23.3. The van der Waals surface area contributed by atoms with Crippen molar-refractivity contribution in [2.45, 2.75) is 283 Å². The Morgan fingerprint density at radius 1 is 0.486 bits per heavy atom. The highest BCUT2D eigenvalue weighted by atomic mass is 31.2. The largest absolute Gasteiger partial charge is 0.472 e. The third kappa shape index (κ3) is 54.2. The predicted octanol–water partition coefficient (Wildman–Crippen LogP) is 18.8. The number of carbonyl (C=O) groups excluding carboxylic acids is 2. The number of nitrogens with one attached hydrogen (secondary N) is 1. The van der Waals surface area contributed by atoms with Gasteiger partial charge in [0.2, 0.25) is 5.91 Å². The number of allylic oxidation sites excluding steroid dienone is 11. The van der Waals surface area contributed by atoms with E-state index in [0.29, 0.717) is 17.4 Å². The number of esters is 1. The van der Waals surface area contributed by atoms with Crippen molar-refractivity contribution in [1.29, 1.82) is 0 Å². The molecule has 0 heterocycles. The quantitative estimate of drug-likeness (QED) is 0.0205. The number of unbranched alkanes of at least 4 members (excludes halogenated alkanes) is 29. The van der Waals surface area contributed by atoms with E-state index in [0.717, 1.165) is 96.3 Å². The van der Waals surface area contributed by atoms with E-state index in [2.05, 4.69) is 86.8 Å². The van der Waals surface area contributed by atoms with E-state index in [1.807, 2.05) is 33.3 Å². The van der Waals surface area contributed by atoms with E-state index in [4.69, 9.17) is 13.8 Å². The number of rotatable bonds is 55. The summed E-state index contributed by atoms with van der Waals surface area (Å²) in [6.07, 6.45) is 69.1. The van der Waals surface area contributed by atoms with Gasteiger partial charge in [-0.2, -0.15) is 0 Å². The number of phosphoric acid groups is 1. The Morgan fingerprint density at radius 3 is 1.32 bits per heavy atom. The first-order chi connectivity index (χ1) is 35.9. The molecule has 0 aliphatic heterocycles. The van der Waals surface area contributed by atoms with Gasteiger partial charge in [0.05, 0.1) is 33.8 Å². The Bertz CT molecular complexity index is 1500. The number of hydrogen-bond donors (Lipinski definition) is 2. The number of phosphoric ester groups is 1. The predicted molar refractivity (Wildman–Crippen MR) is 318 cm³/mol. The van der Waals surface area contributed by atoms with E-state index < -0.39 is 20.0 Å². The van der Waals surface area contributed by atoms with Crippen molar-refractivity contribution < 1.29 is 37.3 Å². The molecule has 0 aliphatic rings. The van der Waals surface area contributed by atoms with Crippen LogP contribution in [0.1, 0.15) is 271 Å². The molecular formula is C64H118N2O7P+. The minimum atomic E-state index is -4.45. The fourth-order valence-electron chi connectivity index (χ4n) is 8.63. The zero-order valence-electron chi connectivity index (χ0n) is 49.1. The van der Waals surface area contributed by atoms with Crippen molar-refractivity contribution in [3.05, 3.63) is 72.9 Å². The van der Waals surface area contributed by atoms with Crippen LogP contribution >= 0.6 is 7.82 Å². The summed E-state index contributed by atoms with van der Waals surface area (Å²) in [5, 5.41) is 3.04. The molecule has 0 saturated heterocycles. The van der Waals surface area contributed by atoms with Crippen molar-refractivity contribution >= 4 is 19.7 Å². The first-order valence-electron chi connectivity index (χ1n) is 30.8. The summed E-state index contributed by atoms with van der Waals surface area (Å²) < 4.78 is 30.6. The highest BCUT2D eigenvalue weighted by Crippen LogP contribution is 2.43. The van der Waals surface area contributed by atoms with E-state index in [1.54, 1.807) is 0 Å². The minimum absolute atomic E-state index is 0.0336. The topological polar surface area (TPSA) is 111 Å². The SMILES string of the molecule is CC/C=C/C/C=C/C/C=C/CCCCCCC(=O)NC(COP(=O)(O)OCC[N+](C)(C)C)C(/C=C\CCCCCCCCCCC)OC(=O)CCCCCCCCCCCCCCC/C=C\C/C=C\CCCCC. The van der Waals surface area contributed by atoms with Crippen LogP contribution in [0.5, 0.6) is 0 Å². The maximum absolute atomic E-state index is 13.5. The molecule has 10 heteroatoms. The Kier molecular flexibility index (Phi) is 52.0. The first-order valence-corrected chi connectivity index (χ1v) is 32.3. The van der Waals surface area contributed by atoms with Gasteiger partial charge in [-0.15, -0.1) is 0 Å². The maximum atomic E-state index is 13.5. The maximum Gasteiger partial charge on any atom is 0.472 e. The van der Waals surface area contributed by atoms with Crippen LogP contribution in [0, 0.1) is 0 Å². The molecule has 0 aliphatic carbocycles. The molecule has 3 unspecified atom stereocenters. The summed E-state index contributed by atoms with van der Waals surface area (Å²) in [6, 6.07) is -0.861. The standard InChI is InChI=1S/C64H117N2O7P/c1-7-10-13-16-19-22-25-27-29-30-31-32-33-34-35-36-37-39-42-45-48-51-54-57-64(68)73-62(55-52-49-46-43-40-24-21-18-15-12-9-3)61(60-72-74(69,70)71-59-58-66(4,5)6)65-63(67)56-53-50-47-44-41-38-28-26-23-20-17-14-11-8-2/h11,14,19-20,22-23,27-29,38,52,55,61-62H,7-10,12-13,15-18,21,24-26,30-37,39-51,53-54,56-60H2,1-6H3,(H-,65,67,69,70)/p+1/b14-11+,22-19-,23-20+,29-27-,38-28+,55-52-. The number of quaternary nitrogens is 1. The summed E-state index contributed by atoms with van der Waals surface area (Å²) in [6.45, 7) is 6.86. The van der Waals surface area contributed by atoms with E-state index in [9.17, 15) is 19.0 Å². The lowest BCUT2D eigenvalue weighted by Crippen LogP contribution is -2.47. The summed E-state index contributed by atoms with van der Waals surface area (Å²) in [5.74, 6) is -0.530. The van der Waals surface area contributed by atoms with Crippen LogP contribution in [-0.4, -0.2) is 74.3 Å². The van der Waals surface area contributed by atoms with Gasteiger partial charge in [-0.1, -0.05) is 235 Å². The van der Waals surface area contributed by atoms with Crippen molar-refractivity contribution in [3.8, 4) is 0 Å². The lowest BCUT2D eigenvalue weighted by Gasteiger charge is -2.27. The Hall–Kier alpha value is -2.55. The van der Waals surface area contributed by atoms with E-state index >= 15 is 0 Å². The second kappa shape index (κ2) is 53.8. The normalized spacial score (nSPS) is 14.2. The van der Waals surface area contributed by atoms with Crippen molar-refractivity contribution in [2.75, 3.05) is 40.9 Å². The van der Waals surface area contributed by atoms with Crippen LogP contribution in [0.3, 0.4) is 0 Å². The van der Waals surface area contributed by atoms with Crippen LogP contribution in [-0.2, 0) is 27.9 Å². The summed E-state index contributed by atoms with van der Waals surface area (Å²) >= 11 is 0. The van der Waals surface area contributed by atoms with E-state index in [1.165, 1.54) is 141 Å². The highest BCUT2D eigenvalue weighted by molar-refractivity contribution is 7.47. The van der Waals surface area contributed by atoms with Gasteiger partial charge >= 0.3 is 13.8 Å². The Morgan fingerprint density at radius 2 is 0.865 bits per heavy atom. The molecule has 2 N–H and O–H groups in total. The molecule has 0 saturated carbocycles. The van der Waals surface area contributed by atoms with Gasteiger partial charge in [0.25, 0.3) is 0 Å². The second-order valence-electron chi connectivity index (χ2n) is 21.8.